The van der Waals surface area contributed by atoms with Crippen molar-refractivity contribution in [2.24, 2.45) is 0 Å². The first-order valence-corrected chi connectivity index (χ1v) is 5.86. The maximum absolute atomic E-state index is 5.42. The first kappa shape index (κ1) is 9.48. The summed E-state index contributed by atoms with van der Waals surface area (Å²) in [6, 6.07) is 10.3. The van der Waals surface area contributed by atoms with Crippen LogP contribution < -0.4 is 5.73 Å². The van der Waals surface area contributed by atoms with Crippen molar-refractivity contribution < 1.29 is 0 Å². The number of rotatable bonds is 3. The van der Waals surface area contributed by atoms with Gasteiger partial charge in [-0.3, -0.25) is 0 Å². The molecule has 0 aliphatic carbocycles. The minimum absolute atomic E-state index is 0.366. The second-order valence-electron chi connectivity index (χ2n) is 2.69. The van der Waals surface area contributed by atoms with Gasteiger partial charge in [-0.2, -0.15) is 9.36 Å². The fourth-order valence-corrected chi connectivity index (χ4v) is 2.48. The van der Waals surface area contributed by atoms with Gasteiger partial charge in [-0.25, -0.2) is 0 Å². The summed E-state index contributed by atoms with van der Waals surface area (Å²) in [5, 5.41) is 0. The fraction of sp³-hybridized carbons (Fsp3) is 0.111. The summed E-state index contributed by atoms with van der Waals surface area (Å²) < 4.78 is 4.84. The third-order valence-corrected chi connectivity index (χ3v) is 3.55. The van der Waals surface area contributed by atoms with Crippen LogP contribution in [0.3, 0.4) is 0 Å². The molecule has 0 atom stereocenters. The van der Waals surface area contributed by atoms with E-state index in [0.29, 0.717) is 5.95 Å². The van der Waals surface area contributed by atoms with Crippen LogP contribution in [0.25, 0.3) is 0 Å². The molecule has 3 nitrogen and oxygen atoms in total. The van der Waals surface area contributed by atoms with Gasteiger partial charge in [0, 0.05) is 5.75 Å². The molecule has 2 rings (SSSR count). The molecule has 0 aliphatic rings. The van der Waals surface area contributed by atoms with Gasteiger partial charge < -0.3 is 5.73 Å². The van der Waals surface area contributed by atoms with E-state index in [2.05, 4.69) is 21.5 Å². The van der Waals surface area contributed by atoms with Crippen LogP contribution in [-0.4, -0.2) is 9.36 Å². The maximum Gasteiger partial charge on any atom is 0.232 e. The van der Waals surface area contributed by atoms with Gasteiger partial charge in [-0.05, 0) is 17.1 Å². The molecule has 1 heterocycles. The number of hydrogen-bond acceptors (Lipinski definition) is 5. The third kappa shape index (κ3) is 2.46. The molecule has 0 saturated carbocycles. The Kier molecular flexibility index (Phi) is 3.00. The van der Waals surface area contributed by atoms with Gasteiger partial charge >= 0.3 is 0 Å². The van der Waals surface area contributed by atoms with E-state index >= 15 is 0 Å². The Labute approximate surface area is 90.5 Å². The summed E-state index contributed by atoms with van der Waals surface area (Å²) in [6.07, 6.45) is 0. The van der Waals surface area contributed by atoms with E-state index in [9.17, 15) is 0 Å². The van der Waals surface area contributed by atoms with Crippen LogP contribution in [0.5, 0.6) is 0 Å². The third-order valence-electron chi connectivity index (χ3n) is 1.63. The predicted molar refractivity (Wildman–Crippen MR) is 60.3 cm³/mol. The van der Waals surface area contributed by atoms with Crippen molar-refractivity contribution in [3.63, 3.8) is 0 Å². The maximum atomic E-state index is 5.42. The second-order valence-corrected chi connectivity index (χ2v) is 4.67. The molecule has 0 saturated heterocycles. The topological polar surface area (TPSA) is 51.8 Å². The number of nitrogens with zero attached hydrogens (tertiary/aromatic N) is 2. The normalized spacial score (nSPS) is 10.3. The number of benzene rings is 1. The average Bonchev–Trinajstić information content (AvgIpc) is 2.63. The monoisotopic (exact) mass is 223 g/mol. The van der Waals surface area contributed by atoms with Crippen LogP contribution >= 0.6 is 23.3 Å². The van der Waals surface area contributed by atoms with E-state index in [1.807, 2.05) is 18.2 Å². The van der Waals surface area contributed by atoms with E-state index in [1.165, 1.54) is 17.1 Å². The minimum Gasteiger partial charge on any atom is -0.367 e. The van der Waals surface area contributed by atoms with Crippen molar-refractivity contribution in [1.82, 2.24) is 9.36 Å². The molecular weight excluding hydrogens is 214 g/mol. The van der Waals surface area contributed by atoms with Crippen molar-refractivity contribution in [2.75, 3.05) is 5.73 Å². The summed E-state index contributed by atoms with van der Waals surface area (Å²) >= 11 is 3.00. The van der Waals surface area contributed by atoms with Gasteiger partial charge in [0.1, 0.15) is 0 Å². The zero-order valence-electron chi connectivity index (χ0n) is 7.38. The van der Waals surface area contributed by atoms with Crippen molar-refractivity contribution >= 4 is 29.2 Å². The lowest BCUT2D eigenvalue weighted by Crippen LogP contribution is -1.85. The SMILES string of the molecule is Nc1nsc(SCc2ccccc2)n1. The summed E-state index contributed by atoms with van der Waals surface area (Å²) in [4.78, 5) is 4.07. The largest absolute Gasteiger partial charge is 0.367 e. The minimum atomic E-state index is 0.366. The molecule has 2 N–H and O–H groups in total. The van der Waals surface area contributed by atoms with E-state index < -0.39 is 0 Å². The van der Waals surface area contributed by atoms with Crippen molar-refractivity contribution in [1.29, 1.82) is 0 Å². The zero-order chi connectivity index (χ0) is 9.80. The predicted octanol–water partition coefficient (Wildman–Crippen LogP) is 2.41. The number of aromatic nitrogens is 2. The Morgan fingerprint density at radius 3 is 2.71 bits per heavy atom. The highest BCUT2D eigenvalue weighted by Gasteiger charge is 2.01. The molecule has 1 aromatic heterocycles. The van der Waals surface area contributed by atoms with Crippen molar-refractivity contribution in [3.05, 3.63) is 35.9 Å². The summed E-state index contributed by atoms with van der Waals surface area (Å²) in [6.45, 7) is 0. The highest BCUT2D eigenvalue weighted by atomic mass is 32.2. The van der Waals surface area contributed by atoms with E-state index in [4.69, 9.17) is 5.73 Å². The Bertz CT molecular complexity index is 399. The molecule has 0 bridgehead atoms. The highest BCUT2D eigenvalue weighted by Crippen LogP contribution is 2.24. The Hall–Kier alpha value is -1.07. The molecule has 2 aromatic rings. The molecule has 72 valence electrons. The van der Waals surface area contributed by atoms with Crippen LogP contribution in [0.2, 0.25) is 0 Å². The number of hydrogen-bond donors (Lipinski definition) is 1. The molecule has 1 aromatic carbocycles. The van der Waals surface area contributed by atoms with Crippen molar-refractivity contribution in [2.45, 2.75) is 10.1 Å². The lowest BCUT2D eigenvalue weighted by Gasteiger charge is -1.96. The van der Waals surface area contributed by atoms with Crippen LogP contribution in [0.15, 0.2) is 34.7 Å². The van der Waals surface area contributed by atoms with Gasteiger partial charge in [0.15, 0.2) is 4.34 Å². The summed E-state index contributed by atoms with van der Waals surface area (Å²) in [7, 11) is 0. The van der Waals surface area contributed by atoms with Gasteiger partial charge in [-0.1, -0.05) is 42.1 Å². The molecule has 0 amide bonds. The Morgan fingerprint density at radius 1 is 1.29 bits per heavy atom. The van der Waals surface area contributed by atoms with E-state index in [-0.39, 0.29) is 0 Å². The fourth-order valence-electron chi connectivity index (χ4n) is 0.998. The van der Waals surface area contributed by atoms with E-state index in [0.717, 1.165) is 10.1 Å². The zero-order valence-corrected chi connectivity index (χ0v) is 9.02. The summed E-state index contributed by atoms with van der Waals surface area (Å²) in [5.74, 6) is 1.28. The molecule has 0 aliphatic heterocycles. The van der Waals surface area contributed by atoms with Crippen LogP contribution in [-0.2, 0) is 5.75 Å². The number of anilines is 1. The van der Waals surface area contributed by atoms with E-state index in [1.54, 1.807) is 11.8 Å². The molecule has 5 heteroatoms. The smallest absolute Gasteiger partial charge is 0.232 e. The van der Waals surface area contributed by atoms with Crippen LogP contribution in [0.1, 0.15) is 5.56 Å². The van der Waals surface area contributed by atoms with Gasteiger partial charge in [-0.15, -0.1) is 0 Å². The number of nitrogen functional groups attached to an aromatic ring is 1. The second kappa shape index (κ2) is 4.43. The molecule has 0 spiro atoms. The lowest BCUT2D eigenvalue weighted by molar-refractivity contribution is 1.22. The standard InChI is InChI=1S/C9H9N3S2/c10-8-11-9(14-12-8)13-6-7-4-2-1-3-5-7/h1-5H,6H2,(H2,10,12). The Balaban J connectivity index is 1.95. The van der Waals surface area contributed by atoms with Gasteiger partial charge in [0.2, 0.25) is 5.95 Å². The van der Waals surface area contributed by atoms with Crippen LogP contribution in [0.4, 0.5) is 5.95 Å². The first-order valence-electron chi connectivity index (χ1n) is 4.10. The quantitative estimate of drug-likeness (QED) is 0.812. The highest BCUT2D eigenvalue weighted by molar-refractivity contribution is 8.00. The van der Waals surface area contributed by atoms with Crippen LogP contribution in [0, 0.1) is 0 Å². The summed E-state index contributed by atoms with van der Waals surface area (Å²) in [5.41, 5.74) is 6.71. The van der Waals surface area contributed by atoms with Gasteiger partial charge in [0.05, 0.1) is 0 Å². The number of nitrogens with two attached hydrogens (primary N) is 1. The van der Waals surface area contributed by atoms with Crippen molar-refractivity contribution in [3.8, 4) is 0 Å². The average molecular weight is 223 g/mol. The Morgan fingerprint density at radius 2 is 2.07 bits per heavy atom. The molecule has 0 fully saturated rings. The van der Waals surface area contributed by atoms with Gasteiger partial charge in [0.25, 0.3) is 0 Å². The lowest BCUT2D eigenvalue weighted by atomic mass is 10.2. The molecule has 0 radical (unpaired) electrons. The molecule has 0 unspecified atom stereocenters. The number of thioether (sulfide) groups is 1. The molecular formula is C9H9N3S2. The first-order chi connectivity index (χ1) is 6.84. The molecule has 14 heavy (non-hydrogen) atoms.